The van der Waals surface area contributed by atoms with Gasteiger partial charge in [-0.2, -0.15) is 0 Å². The standard InChI is InChI=1S/C3H7O3/c1-3(4,5)6-2/h4-5H,1H2,2H3. The third-order valence-corrected chi connectivity index (χ3v) is 0.327. The summed E-state index contributed by atoms with van der Waals surface area (Å²) < 4.78 is 3.94. The summed E-state index contributed by atoms with van der Waals surface area (Å²) >= 11 is 0. The van der Waals surface area contributed by atoms with Crippen molar-refractivity contribution in [3.63, 3.8) is 0 Å². The van der Waals surface area contributed by atoms with E-state index < -0.39 is 5.97 Å². The highest BCUT2D eigenvalue weighted by atomic mass is 16.8. The SMILES string of the molecule is [CH2]C(O)(O)OC. The maximum Gasteiger partial charge on any atom is 0.277 e. The van der Waals surface area contributed by atoms with Gasteiger partial charge >= 0.3 is 0 Å². The van der Waals surface area contributed by atoms with Crippen molar-refractivity contribution in [1.29, 1.82) is 0 Å². The molecule has 0 unspecified atom stereocenters. The zero-order valence-corrected chi connectivity index (χ0v) is 3.51. The molecule has 0 saturated carbocycles. The lowest BCUT2D eigenvalue weighted by Gasteiger charge is -2.10. The van der Waals surface area contributed by atoms with Crippen LogP contribution >= 0.6 is 0 Å². The van der Waals surface area contributed by atoms with Crippen LogP contribution in [0.5, 0.6) is 0 Å². The first-order chi connectivity index (χ1) is 2.56. The molecule has 0 aliphatic carbocycles. The molecule has 1 radical (unpaired) electrons. The fourth-order valence-corrected chi connectivity index (χ4v) is 0. The van der Waals surface area contributed by atoms with Crippen LogP contribution in [-0.2, 0) is 4.74 Å². The van der Waals surface area contributed by atoms with Crippen LogP contribution in [0.25, 0.3) is 0 Å². The van der Waals surface area contributed by atoms with E-state index in [2.05, 4.69) is 11.7 Å². The second-order valence-corrected chi connectivity index (χ2v) is 0.947. The topological polar surface area (TPSA) is 49.7 Å². The van der Waals surface area contributed by atoms with Crippen LogP contribution in [0.1, 0.15) is 0 Å². The van der Waals surface area contributed by atoms with Crippen LogP contribution < -0.4 is 0 Å². The van der Waals surface area contributed by atoms with Gasteiger partial charge in [-0.3, -0.25) is 0 Å². The summed E-state index contributed by atoms with van der Waals surface area (Å²) in [5, 5.41) is 16.1. The summed E-state index contributed by atoms with van der Waals surface area (Å²) in [5.74, 6) is -2.21. The first-order valence-electron chi connectivity index (χ1n) is 1.41. The van der Waals surface area contributed by atoms with Crippen LogP contribution in [0, 0.1) is 6.92 Å². The fraction of sp³-hybridized carbons (Fsp3) is 0.667. The van der Waals surface area contributed by atoms with Gasteiger partial charge in [-0.05, 0) is 0 Å². The quantitative estimate of drug-likeness (QED) is 0.411. The second-order valence-electron chi connectivity index (χ2n) is 0.947. The Morgan fingerprint density at radius 3 is 1.83 bits per heavy atom. The number of ether oxygens (including phenoxy) is 1. The molecule has 3 nitrogen and oxygen atoms in total. The number of hydrogen-bond acceptors (Lipinski definition) is 3. The lowest BCUT2D eigenvalue weighted by molar-refractivity contribution is -0.292. The molecule has 0 rings (SSSR count). The van der Waals surface area contributed by atoms with E-state index in [0.717, 1.165) is 7.11 Å². The number of aliphatic hydroxyl groups is 2. The Balaban J connectivity index is 3.17. The number of hydrogen-bond donors (Lipinski definition) is 2. The highest BCUT2D eigenvalue weighted by molar-refractivity contribution is 4.46. The molecule has 0 aromatic carbocycles. The normalized spacial score (nSPS) is 12.0. The van der Waals surface area contributed by atoms with E-state index in [4.69, 9.17) is 10.2 Å². The van der Waals surface area contributed by atoms with Gasteiger partial charge in [-0.25, -0.2) is 0 Å². The molecule has 0 aromatic rings. The van der Waals surface area contributed by atoms with Gasteiger partial charge in [0.25, 0.3) is 5.97 Å². The van der Waals surface area contributed by atoms with Gasteiger partial charge in [0.15, 0.2) is 0 Å². The van der Waals surface area contributed by atoms with E-state index in [0.29, 0.717) is 0 Å². The van der Waals surface area contributed by atoms with Crippen molar-refractivity contribution in [3.8, 4) is 0 Å². The summed E-state index contributed by atoms with van der Waals surface area (Å²) in [6.45, 7) is 2.78. The summed E-state index contributed by atoms with van der Waals surface area (Å²) in [6, 6.07) is 0. The number of rotatable bonds is 1. The molecule has 3 heteroatoms. The van der Waals surface area contributed by atoms with Crippen molar-refractivity contribution >= 4 is 0 Å². The third kappa shape index (κ3) is 3.88. The predicted molar refractivity (Wildman–Crippen MR) is 19.5 cm³/mol. The molecule has 2 N–H and O–H groups in total. The summed E-state index contributed by atoms with van der Waals surface area (Å²) in [7, 11) is 1.15. The Labute approximate surface area is 36.2 Å². The van der Waals surface area contributed by atoms with Gasteiger partial charge in [0.1, 0.15) is 0 Å². The molecule has 6 heavy (non-hydrogen) atoms. The van der Waals surface area contributed by atoms with E-state index in [9.17, 15) is 0 Å². The Hall–Kier alpha value is -0.120. The van der Waals surface area contributed by atoms with E-state index >= 15 is 0 Å². The molecule has 0 bridgehead atoms. The van der Waals surface area contributed by atoms with Crippen molar-refractivity contribution in [2.24, 2.45) is 0 Å². The smallest absolute Gasteiger partial charge is 0.277 e. The molecule has 0 spiro atoms. The van der Waals surface area contributed by atoms with Gasteiger partial charge in [0.2, 0.25) is 0 Å². The number of methoxy groups -OCH3 is 1. The van der Waals surface area contributed by atoms with Crippen molar-refractivity contribution in [3.05, 3.63) is 6.92 Å². The molecule has 0 saturated heterocycles. The monoisotopic (exact) mass is 91.0 g/mol. The van der Waals surface area contributed by atoms with Crippen molar-refractivity contribution in [2.45, 2.75) is 5.97 Å². The fourth-order valence-electron chi connectivity index (χ4n) is 0. The minimum Gasteiger partial charge on any atom is -0.343 e. The van der Waals surface area contributed by atoms with Crippen molar-refractivity contribution in [2.75, 3.05) is 7.11 Å². The highest BCUT2D eigenvalue weighted by Gasteiger charge is 2.10. The van der Waals surface area contributed by atoms with E-state index in [-0.39, 0.29) is 0 Å². The molecule has 0 fully saturated rings. The summed E-state index contributed by atoms with van der Waals surface area (Å²) in [6.07, 6.45) is 0. The average Bonchev–Trinajstić information content (AvgIpc) is 1.35. The summed E-state index contributed by atoms with van der Waals surface area (Å²) in [4.78, 5) is 0. The molecular formula is C3H7O3. The van der Waals surface area contributed by atoms with Crippen LogP contribution in [0.2, 0.25) is 0 Å². The molecular weight excluding hydrogens is 84.0 g/mol. The van der Waals surface area contributed by atoms with Crippen LogP contribution in [-0.4, -0.2) is 23.3 Å². The maximum atomic E-state index is 8.05. The van der Waals surface area contributed by atoms with Crippen molar-refractivity contribution < 1.29 is 14.9 Å². The Bertz CT molecular complexity index is 35.8. The van der Waals surface area contributed by atoms with Crippen LogP contribution in [0.3, 0.4) is 0 Å². The minimum absolute atomic E-state index is 1.15. The van der Waals surface area contributed by atoms with Crippen LogP contribution in [0.4, 0.5) is 0 Å². The van der Waals surface area contributed by atoms with Crippen LogP contribution in [0.15, 0.2) is 0 Å². The van der Waals surface area contributed by atoms with E-state index in [1.165, 1.54) is 0 Å². The molecule has 37 valence electrons. The van der Waals surface area contributed by atoms with E-state index in [1.807, 2.05) is 0 Å². The van der Waals surface area contributed by atoms with Gasteiger partial charge in [-0.15, -0.1) is 0 Å². The van der Waals surface area contributed by atoms with Gasteiger partial charge in [0, 0.05) is 14.0 Å². The summed E-state index contributed by atoms with van der Waals surface area (Å²) in [5.41, 5.74) is 0. The van der Waals surface area contributed by atoms with E-state index in [1.54, 1.807) is 0 Å². The minimum atomic E-state index is -2.21. The second kappa shape index (κ2) is 1.55. The average molecular weight is 91.1 g/mol. The molecule has 0 heterocycles. The molecule has 0 atom stereocenters. The molecule has 0 aliphatic rings. The largest absolute Gasteiger partial charge is 0.343 e. The van der Waals surface area contributed by atoms with Gasteiger partial charge in [0.05, 0.1) is 0 Å². The molecule has 0 aliphatic heterocycles. The molecule has 0 amide bonds. The van der Waals surface area contributed by atoms with Gasteiger partial charge in [-0.1, -0.05) is 0 Å². The zero-order valence-electron chi connectivity index (χ0n) is 3.51. The highest BCUT2D eigenvalue weighted by Crippen LogP contribution is 1.91. The maximum absolute atomic E-state index is 8.05. The first-order valence-corrected chi connectivity index (χ1v) is 1.41. The third-order valence-electron chi connectivity index (χ3n) is 0.327. The Morgan fingerprint density at radius 1 is 1.67 bits per heavy atom. The predicted octanol–water partition coefficient (Wildman–Crippen LogP) is -0.895. The molecule has 0 aromatic heterocycles. The lowest BCUT2D eigenvalue weighted by atomic mass is 10.7. The van der Waals surface area contributed by atoms with Gasteiger partial charge < -0.3 is 14.9 Å². The van der Waals surface area contributed by atoms with Crippen molar-refractivity contribution in [1.82, 2.24) is 0 Å². The zero-order chi connectivity index (χ0) is 5.21. The first kappa shape index (κ1) is 5.88. The Morgan fingerprint density at radius 2 is 1.83 bits per heavy atom. The lowest BCUT2D eigenvalue weighted by Crippen LogP contribution is -2.25. The Kier molecular flexibility index (Phi) is 1.52.